The van der Waals surface area contributed by atoms with Gasteiger partial charge in [-0.2, -0.15) is 0 Å². The first-order valence-corrected chi connectivity index (χ1v) is 5.23. The molecule has 72 valence electrons. The van der Waals surface area contributed by atoms with E-state index in [1.165, 1.54) is 0 Å². The Morgan fingerprint density at radius 3 is 2.54 bits per heavy atom. The van der Waals surface area contributed by atoms with Crippen molar-refractivity contribution in [2.75, 3.05) is 5.88 Å². The summed E-state index contributed by atoms with van der Waals surface area (Å²) in [6, 6.07) is 4.10. The third-order valence-corrected chi connectivity index (χ3v) is 3.62. The minimum Gasteiger partial charge on any atom is -0.466 e. The first kappa shape index (κ1) is 9.14. The van der Waals surface area contributed by atoms with Crippen molar-refractivity contribution in [3.05, 3.63) is 23.7 Å². The largest absolute Gasteiger partial charge is 0.466 e. The number of furan rings is 1. The van der Waals surface area contributed by atoms with Crippen LogP contribution in [0.4, 0.5) is 0 Å². The minimum atomic E-state index is 0.325. The van der Waals surface area contributed by atoms with Crippen LogP contribution in [0.3, 0.4) is 0 Å². The number of hydrogen-bond acceptors (Lipinski definition) is 1. The van der Waals surface area contributed by atoms with Crippen molar-refractivity contribution in [2.24, 2.45) is 11.3 Å². The maximum absolute atomic E-state index is 5.89. The molecular formula is C11H15ClO. The average Bonchev–Trinajstić information content (AvgIpc) is 2.41. The van der Waals surface area contributed by atoms with Gasteiger partial charge in [-0.1, -0.05) is 13.8 Å². The average molecular weight is 199 g/mol. The highest BCUT2D eigenvalue weighted by Gasteiger charge is 2.59. The number of halogens is 1. The van der Waals surface area contributed by atoms with Crippen LogP contribution >= 0.6 is 11.6 Å². The molecule has 0 saturated heterocycles. The Labute approximate surface area is 84.1 Å². The zero-order valence-electron chi connectivity index (χ0n) is 8.30. The monoisotopic (exact) mass is 198 g/mol. The van der Waals surface area contributed by atoms with Gasteiger partial charge < -0.3 is 4.42 Å². The molecule has 1 aromatic rings. The fourth-order valence-electron chi connectivity index (χ4n) is 2.22. The quantitative estimate of drug-likeness (QED) is 0.663. The third kappa shape index (κ3) is 1.30. The van der Waals surface area contributed by atoms with Crippen LogP contribution in [0.5, 0.6) is 0 Å². The maximum Gasteiger partial charge on any atom is 0.108 e. The van der Waals surface area contributed by atoms with Gasteiger partial charge in [0.25, 0.3) is 0 Å². The van der Waals surface area contributed by atoms with Crippen LogP contribution in [0.25, 0.3) is 0 Å². The van der Waals surface area contributed by atoms with Crippen LogP contribution in [-0.4, -0.2) is 5.88 Å². The molecule has 13 heavy (non-hydrogen) atoms. The van der Waals surface area contributed by atoms with Crippen molar-refractivity contribution in [2.45, 2.75) is 26.7 Å². The van der Waals surface area contributed by atoms with Crippen LogP contribution < -0.4 is 0 Å². The normalized spacial score (nSPS) is 30.5. The van der Waals surface area contributed by atoms with Gasteiger partial charge in [-0.05, 0) is 30.4 Å². The van der Waals surface area contributed by atoms with E-state index < -0.39 is 0 Å². The fraction of sp³-hybridized carbons (Fsp3) is 0.636. The second kappa shape index (κ2) is 2.78. The molecular weight excluding hydrogens is 184 g/mol. The predicted octanol–water partition coefficient (Wildman–Crippen LogP) is 3.57. The van der Waals surface area contributed by atoms with E-state index in [1.54, 1.807) is 0 Å². The Morgan fingerprint density at radius 1 is 1.46 bits per heavy atom. The molecule has 0 aromatic carbocycles. The fourth-order valence-corrected chi connectivity index (χ4v) is 2.79. The minimum absolute atomic E-state index is 0.325. The zero-order chi connectivity index (χ0) is 9.64. The first-order valence-electron chi connectivity index (χ1n) is 4.69. The summed E-state index contributed by atoms with van der Waals surface area (Å²) >= 11 is 5.89. The van der Waals surface area contributed by atoms with E-state index in [0.717, 1.165) is 17.4 Å². The predicted molar refractivity (Wildman–Crippen MR) is 54.2 cm³/mol. The molecule has 1 aliphatic rings. The van der Waals surface area contributed by atoms with Crippen molar-refractivity contribution >= 4 is 11.6 Å². The lowest BCUT2D eigenvalue weighted by molar-refractivity contribution is 0.461. The molecule has 0 amide bonds. The summed E-state index contributed by atoms with van der Waals surface area (Å²) in [6.07, 6.45) is 0. The van der Waals surface area contributed by atoms with E-state index in [4.69, 9.17) is 16.0 Å². The molecule has 0 bridgehead atoms. The highest BCUT2D eigenvalue weighted by molar-refractivity contribution is 6.18. The second-order valence-corrected chi connectivity index (χ2v) is 4.82. The highest BCUT2D eigenvalue weighted by Crippen LogP contribution is 2.64. The van der Waals surface area contributed by atoms with Gasteiger partial charge in [0.15, 0.2) is 0 Å². The van der Waals surface area contributed by atoms with Crippen molar-refractivity contribution in [1.82, 2.24) is 0 Å². The van der Waals surface area contributed by atoms with Crippen LogP contribution in [0, 0.1) is 18.3 Å². The van der Waals surface area contributed by atoms with Gasteiger partial charge in [-0.3, -0.25) is 0 Å². The van der Waals surface area contributed by atoms with Gasteiger partial charge >= 0.3 is 0 Å². The molecule has 0 N–H and O–H groups in total. The van der Waals surface area contributed by atoms with E-state index in [1.807, 2.05) is 13.0 Å². The first-order chi connectivity index (χ1) is 6.07. The molecule has 1 nitrogen and oxygen atoms in total. The Hall–Kier alpha value is -0.430. The van der Waals surface area contributed by atoms with Crippen LogP contribution in [0.1, 0.15) is 31.3 Å². The highest BCUT2D eigenvalue weighted by atomic mass is 35.5. The summed E-state index contributed by atoms with van der Waals surface area (Å²) in [6.45, 7) is 6.49. The van der Waals surface area contributed by atoms with E-state index in [9.17, 15) is 0 Å². The van der Waals surface area contributed by atoms with Crippen LogP contribution in [-0.2, 0) is 0 Å². The second-order valence-electron chi connectivity index (χ2n) is 4.51. The van der Waals surface area contributed by atoms with E-state index in [-0.39, 0.29) is 0 Å². The van der Waals surface area contributed by atoms with Gasteiger partial charge in [0.1, 0.15) is 11.5 Å². The van der Waals surface area contributed by atoms with E-state index >= 15 is 0 Å². The lowest BCUT2D eigenvalue weighted by Crippen LogP contribution is -1.90. The molecule has 2 unspecified atom stereocenters. The Balaban J connectivity index is 2.21. The SMILES string of the molecule is Cc1ccc(C2C(CCl)C2(C)C)o1. The number of rotatable bonds is 2. The summed E-state index contributed by atoms with van der Waals surface area (Å²) in [5, 5.41) is 0. The molecule has 1 fully saturated rings. The van der Waals surface area contributed by atoms with Gasteiger partial charge in [-0.15, -0.1) is 11.6 Å². The van der Waals surface area contributed by atoms with Gasteiger partial charge in [0.2, 0.25) is 0 Å². The summed E-state index contributed by atoms with van der Waals surface area (Å²) in [5.74, 6) is 3.94. The Morgan fingerprint density at radius 2 is 2.15 bits per heavy atom. The van der Waals surface area contributed by atoms with E-state index in [2.05, 4.69) is 19.9 Å². The Kier molecular flexibility index (Phi) is 1.95. The van der Waals surface area contributed by atoms with Crippen molar-refractivity contribution in [1.29, 1.82) is 0 Å². The molecule has 2 rings (SSSR count). The molecule has 2 heteroatoms. The molecule has 0 spiro atoms. The lowest BCUT2D eigenvalue weighted by Gasteiger charge is -1.98. The van der Waals surface area contributed by atoms with Gasteiger partial charge in [0, 0.05) is 11.8 Å². The number of aryl methyl sites for hydroxylation is 1. The topological polar surface area (TPSA) is 13.1 Å². The van der Waals surface area contributed by atoms with Crippen molar-refractivity contribution < 1.29 is 4.42 Å². The summed E-state index contributed by atoms with van der Waals surface area (Å²) < 4.78 is 5.62. The molecule has 0 aliphatic heterocycles. The lowest BCUT2D eigenvalue weighted by atomic mass is 10.1. The molecule has 1 aromatic heterocycles. The molecule has 1 heterocycles. The summed E-state index contributed by atoms with van der Waals surface area (Å²) in [7, 11) is 0. The molecule has 1 saturated carbocycles. The molecule has 0 radical (unpaired) electrons. The summed E-state index contributed by atoms with van der Waals surface area (Å²) in [5.41, 5.74) is 0.325. The zero-order valence-corrected chi connectivity index (χ0v) is 9.06. The van der Waals surface area contributed by atoms with E-state index in [0.29, 0.717) is 17.3 Å². The van der Waals surface area contributed by atoms with Gasteiger partial charge in [0.05, 0.1) is 0 Å². The van der Waals surface area contributed by atoms with Gasteiger partial charge in [-0.25, -0.2) is 0 Å². The Bertz CT molecular complexity index is 314. The van der Waals surface area contributed by atoms with Crippen LogP contribution in [0.15, 0.2) is 16.5 Å². The third-order valence-electron chi connectivity index (χ3n) is 3.28. The van der Waals surface area contributed by atoms with Crippen molar-refractivity contribution in [3.63, 3.8) is 0 Å². The summed E-state index contributed by atoms with van der Waals surface area (Å²) in [4.78, 5) is 0. The standard InChI is InChI=1S/C11H15ClO/c1-7-4-5-9(13-7)10-8(6-12)11(10,2)3/h4-5,8,10H,6H2,1-3H3. The maximum atomic E-state index is 5.89. The number of hydrogen-bond donors (Lipinski definition) is 0. The molecule has 2 atom stereocenters. The smallest absolute Gasteiger partial charge is 0.108 e. The van der Waals surface area contributed by atoms with Crippen molar-refractivity contribution in [3.8, 4) is 0 Å². The molecule has 1 aliphatic carbocycles. The van der Waals surface area contributed by atoms with Crippen LogP contribution in [0.2, 0.25) is 0 Å². The number of alkyl halides is 1.